The number of amides is 1. The number of carbonyl (C=O) groups is 1. The fraction of sp³-hybridized carbons (Fsp3) is 0.276. The largest absolute Gasteiger partial charge is 0.457 e. The lowest BCUT2D eigenvalue weighted by Crippen LogP contribution is -2.34. The lowest BCUT2D eigenvalue weighted by atomic mass is 10.0. The molecule has 2 aromatic carbocycles. The van der Waals surface area contributed by atoms with Crippen LogP contribution in [0, 0.1) is 0 Å². The first-order chi connectivity index (χ1) is 18.1. The van der Waals surface area contributed by atoms with E-state index >= 15 is 0 Å². The first-order valence-electron chi connectivity index (χ1n) is 12.6. The van der Waals surface area contributed by atoms with Crippen molar-refractivity contribution in [2.45, 2.75) is 13.0 Å². The average Bonchev–Trinajstić information content (AvgIpc) is 3.41. The third kappa shape index (κ3) is 5.87. The number of likely N-dealkylation sites (N-methyl/N-ethyl adjacent to an activating group) is 1. The highest BCUT2D eigenvalue weighted by Gasteiger charge is 2.18. The molecule has 0 spiro atoms. The van der Waals surface area contributed by atoms with Gasteiger partial charge >= 0.3 is 0 Å². The van der Waals surface area contributed by atoms with Gasteiger partial charge in [-0.3, -0.25) is 9.69 Å². The molecule has 4 aromatic rings. The number of hydrogen-bond donors (Lipinski definition) is 1. The number of carbonyl (C=O) groups excluding carboxylic acids is 1. The number of ether oxygens (including phenoxy) is 1. The average molecular weight is 497 g/mol. The molecule has 0 bridgehead atoms. The minimum absolute atomic E-state index is 0.0709. The van der Waals surface area contributed by atoms with Gasteiger partial charge in [0.15, 0.2) is 5.65 Å². The van der Waals surface area contributed by atoms with Crippen LogP contribution < -0.4 is 10.1 Å². The minimum Gasteiger partial charge on any atom is -0.457 e. The van der Waals surface area contributed by atoms with Crippen LogP contribution in [-0.4, -0.2) is 70.6 Å². The summed E-state index contributed by atoms with van der Waals surface area (Å²) in [5.41, 5.74) is 4.68. The Morgan fingerprint density at radius 2 is 1.92 bits per heavy atom. The molecular formula is C29H32N6O2. The molecule has 190 valence electrons. The Balaban J connectivity index is 1.32. The molecule has 0 fully saturated rings. The second-order valence-corrected chi connectivity index (χ2v) is 9.27. The van der Waals surface area contributed by atoms with E-state index in [0.29, 0.717) is 17.9 Å². The van der Waals surface area contributed by atoms with Gasteiger partial charge in [-0.05, 0) is 67.1 Å². The molecule has 8 nitrogen and oxygen atoms in total. The van der Waals surface area contributed by atoms with Gasteiger partial charge < -0.3 is 15.0 Å². The maximum absolute atomic E-state index is 13.3. The van der Waals surface area contributed by atoms with Gasteiger partial charge in [0.1, 0.15) is 17.8 Å². The first kappa shape index (κ1) is 24.7. The molecule has 1 aliphatic heterocycles. The molecule has 3 heterocycles. The van der Waals surface area contributed by atoms with E-state index in [9.17, 15) is 4.79 Å². The van der Waals surface area contributed by atoms with Crippen LogP contribution in [-0.2, 0) is 6.54 Å². The number of nitrogens with one attached hydrogen (secondary N) is 1. The standard InChI is InChI=1S/C29H32N6O2/c1-30-13-16-34-14-11-23(12-15-34)27-17-22(18-28-31-21-32-35(27)28)20-33(2)29(36)24-7-6-10-26(19-24)37-25-8-4-3-5-9-25/h3-11,17-19,21,30H,12-16,20H2,1-2H3. The summed E-state index contributed by atoms with van der Waals surface area (Å²) in [6.07, 6.45) is 4.82. The summed E-state index contributed by atoms with van der Waals surface area (Å²) >= 11 is 0. The SMILES string of the molecule is CNCCN1CC=C(c2cc(CN(C)C(=O)c3cccc(Oc4ccccc4)c3)cc3ncnn23)CC1. The van der Waals surface area contributed by atoms with Gasteiger partial charge in [-0.15, -0.1) is 0 Å². The molecule has 0 atom stereocenters. The Labute approximate surface area is 217 Å². The zero-order valence-electron chi connectivity index (χ0n) is 21.3. The van der Waals surface area contributed by atoms with Crippen LogP contribution in [0.3, 0.4) is 0 Å². The van der Waals surface area contributed by atoms with Crippen molar-refractivity contribution in [2.75, 3.05) is 40.3 Å². The molecule has 0 unspecified atom stereocenters. The van der Waals surface area contributed by atoms with Gasteiger partial charge in [0.25, 0.3) is 5.91 Å². The van der Waals surface area contributed by atoms with Crippen molar-refractivity contribution < 1.29 is 9.53 Å². The van der Waals surface area contributed by atoms with Crippen molar-refractivity contribution in [3.63, 3.8) is 0 Å². The molecule has 37 heavy (non-hydrogen) atoms. The van der Waals surface area contributed by atoms with E-state index < -0.39 is 0 Å². The van der Waals surface area contributed by atoms with Crippen LogP contribution >= 0.6 is 0 Å². The quantitative estimate of drug-likeness (QED) is 0.376. The van der Waals surface area contributed by atoms with Gasteiger partial charge in [0, 0.05) is 45.3 Å². The van der Waals surface area contributed by atoms with Crippen molar-refractivity contribution in [3.05, 3.63) is 96.0 Å². The molecule has 5 rings (SSSR count). The summed E-state index contributed by atoms with van der Waals surface area (Å²) < 4.78 is 7.81. The van der Waals surface area contributed by atoms with Gasteiger partial charge in [-0.25, -0.2) is 9.50 Å². The van der Waals surface area contributed by atoms with Gasteiger partial charge in [-0.1, -0.05) is 30.3 Å². The van der Waals surface area contributed by atoms with E-state index in [0.717, 1.165) is 55.3 Å². The molecule has 0 radical (unpaired) electrons. The lowest BCUT2D eigenvalue weighted by Gasteiger charge is -2.26. The van der Waals surface area contributed by atoms with E-state index in [1.54, 1.807) is 17.3 Å². The molecule has 0 aliphatic carbocycles. The Bertz CT molecular complexity index is 1400. The second kappa shape index (κ2) is 11.4. The van der Waals surface area contributed by atoms with Crippen molar-refractivity contribution in [3.8, 4) is 11.5 Å². The second-order valence-electron chi connectivity index (χ2n) is 9.27. The Morgan fingerprint density at radius 1 is 1.08 bits per heavy atom. The highest BCUT2D eigenvalue weighted by atomic mass is 16.5. The van der Waals surface area contributed by atoms with Gasteiger partial charge in [0.2, 0.25) is 0 Å². The van der Waals surface area contributed by atoms with E-state index in [4.69, 9.17) is 4.74 Å². The van der Waals surface area contributed by atoms with E-state index in [1.165, 1.54) is 5.57 Å². The zero-order chi connectivity index (χ0) is 25.6. The number of fused-ring (bicyclic) bond motifs is 1. The number of hydrogen-bond acceptors (Lipinski definition) is 6. The fourth-order valence-electron chi connectivity index (χ4n) is 4.60. The molecule has 1 amide bonds. The maximum atomic E-state index is 13.3. The summed E-state index contributed by atoms with van der Waals surface area (Å²) in [4.78, 5) is 21.9. The molecule has 2 aromatic heterocycles. The summed E-state index contributed by atoms with van der Waals surface area (Å²) in [6.45, 7) is 4.39. The highest BCUT2D eigenvalue weighted by molar-refractivity contribution is 5.94. The van der Waals surface area contributed by atoms with Crippen molar-refractivity contribution in [1.29, 1.82) is 0 Å². The van der Waals surface area contributed by atoms with Crippen LogP contribution in [0.5, 0.6) is 11.5 Å². The molecule has 0 saturated heterocycles. The predicted octanol–water partition coefficient (Wildman–Crippen LogP) is 4.10. The molecule has 1 N–H and O–H groups in total. The van der Waals surface area contributed by atoms with Crippen LogP contribution in [0.2, 0.25) is 0 Å². The van der Waals surface area contributed by atoms with Crippen molar-refractivity contribution in [2.24, 2.45) is 0 Å². The summed E-state index contributed by atoms with van der Waals surface area (Å²) in [7, 11) is 3.80. The third-order valence-corrected chi connectivity index (χ3v) is 6.57. The molecule has 0 saturated carbocycles. The normalized spacial score (nSPS) is 13.9. The van der Waals surface area contributed by atoms with Crippen LogP contribution in [0.1, 0.15) is 28.0 Å². The van der Waals surface area contributed by atoms with E-state index in [1.807, 2.05) is 73.2 Å². The van der Waals surface area contributed by atoms with Crippen LogP contribution in [0.15, 0.2) is 79.1 Å². The fourth-order valence-corrected chi connectivity index (χ4v) is 4.60. The monoisotopic (exact) mass is 496 g/mol. The van der Waals surface area contributed by atoms with Gasteiger partial charge in [-0.2, -0.15) is 5.10 Å². The van der Waals surface area contributed by atoms with E-state index in [2.05, 4.69) is 32.4 Å². The molecular weight excluding hydrogens is 464 g/mol. The summed E-state index contributed by atoms with van der Waals surface area (Å²) in [5, 5.41) is 7.67. The molecule has 8 heteroatoms. The van der Waals surface area contributed by atoms with Crippen molar-refractivity contribution >= 4 is 17.1 Å². The van der Waals surface area contributed by atoms with Crippen LogP contribution in [0.4, 0.5) is 0 Å². The number of rotatable bonds is 9. The third-order valence-electron chi connectivity index (χ3n) is 6.57. The zero-order valence-corrected chi connectivity index (χ0v) is 21.3. The Hall–Kier alpha value is -4.01. The van der Waals surface area contributed by atoms with Gasteiger partial charge in [0.05, 0.1) is 5.69 Å². The van der Waals surface area contributed by atoms with Crippen molar-refractivity contribution in [1.82, 2.24) is 29.7 Å². The number of benzene rings is 2. The first-order valence-corrected chi connectivity index (χ1v) is 12.6. The number of aromatic nitrogens is 3. The minimum atomic E-state index is -0.0709. The Kier molecular flexibility index (Phi) is 7.58. The highest BCUT2D eigenvalue weighted by Crippen LogP contribution is 2.26. The smallest absolute Gasteiger partial charge is 0.254 e. The number of nitrogens with zero attached hydrogens (tertiary/aromatic N) is 5. The maximum Gasteiger partial charge on any atom is 0.254 e. The summed E-state index contributed by atoms with van der Waals surface area (Å²) in [5.74, 6) is 1.29. The Morgan fingerprint density at radius 3 is 2.70 bits per heavy atom. The predicted molar refractivity (Wildman–Crippen MR) is 145 cm³/mol. The lowest BCUT2D eigenvalue weighted by molar-refractivity contribution is 0.0784. The van der Waals surface area contributed by atoms with Crippen LogP contribution in [0.25, 0.3) is 11.2 Å². The number of pyridine rings is 1. The number of para-hydroxylation sites is 1. The molecule has 1 aliphatic rings. The summed E-state index contributed by atoms with van der Waals surface area (Å²) in [6, 6.07) is 21.0. The van der Waals surface area contributed by atoms with E-state index in [-0.39, 0.29) is 5.91 Å². The topological polar surface area (TPSA) is 75.0 Å².